The molecule has 1 heterocycles. The van der Waals surface area contributed by atoms with E-state index in [1.807, 2.05) is 23.9 Å². The highest BCUT2D eigenvalue weighted by atomic mass is 32.2. The van der Waals surface area contributed by atoms with Crippen LogP contribution in [-0.2, 0) is 5.41 Å². The first-order chi connectivity index (χ1) is 9.30. The first-order valence-corrected chi connectivity index (χ1v) is 8.52. The molecule has 1 aliphatic heterocycles. The third-order valence-electron chi connectivity index (χ3n) is 4.66. The maximum Gasteiger partial charge on any atom is 0.127 e. The van der Waals surface area contributed by atoms with E-state index in [9.17, 15) is 4.39 Å². The maximum atomic E-state index is 14.2. The van der Waals surface area contributed by atoms with Crippen LogP contribution in [0.4, 0.5) is 4.39 Å². The molecule has 1 aromatic carbocycles. The second-order valence-electron chi connectivity index (χ2n) is 5.91. The predicted molar refractivity (Wildman–Crippen MR) is 80.3 cm³/mol. The van der Waals surface area contributed by atoms with E-state index in [2.05, 4.69) is 5.32 Å². The molecule has 0 bridgehead atoms. The molecular formula is C16H22FNS. The van der Waals surface area contributed by atoms with E-state index in [0.717, 1.165) is 24.9 Å². The van der Waals surface area contributed by atoms with Crippen LogP contribution in [0.25, 0.3) is 0 Å². The molecule has 1 saturated heterocycles. The van der Waals surface area contributed by atoms with Gasteiger partial charge in [-0.25, -0.2) is 4.39 Å². The highest BCUT2D eigenvalue weighted by Crippen LogP contribution is 2.41. The fourth-order valence-electron chi connectivity index (χ4n) is 3.52. The summed E-state index contributed by atoms with van der Waals surface area (Å²) in [6, 6.07) is 8.01. The van der Waals surface area contributed by atoms with Crippen molar-refractivity contribution in [2.45, 2.75) is 43.6 Å². The molecule has 0 radical (unpaired) electrons. The van der Waals surface area contributed by atoms with Crippen LogP contribution in [-0.4, -0.2) is 24.1 Å². The number of benzene rings is 1. The lowest BCUT2D eigenvalue weighted by Crippen LogP contribution is -2.41. The van der Waals surface area contributed by atoms with Gasteiger partial charge in [-0.15, -0.1) is 0 Å². The summed E-state index contributed by atoms with van der Waals surface area (Å²) in [7, 11) is 0. The Bertz CT molecular complexity index is 423. The van der Waals surface area contributed by atoms with Crippen molar-refractivity contribution in [3.8, 4) is 0 Å². The molecular weight excluding hydrogens is 257 g/mol. The Kier molecular flexibility index (Phi) is 4.13. The standard InChI is InChI=1S/C16H22FNS/c17-15-6-2-1-5-14(15)16(8-3-4-9-16)12-18-13-7-10-19-11-13/h1-2,5-6,13,18H,3-4,7-12H2/t13-/m0/s1. The Hall–Kier alpha value is -0.540. The minimum Gasteiger partial charge on any atom is -0.312 e. The zero-order chi connectivity index (χ0) is 13.1. The molecule has 0 aromatic heterocycles. The number of thioether (sulfide) groups is 1. The minimum atomic E-state index is -0.0213. The largest absolute Gasteiger partial charge is 0.312 e. The normalized spacial score (nSPS) is 25.8. The lowest BCUT2D eigenvalue weighted by molar-refractivity contribution is 0.368. The van der Waals surface area contributed by atoms with E-state index in [1.165, 1.54) is 30.8 Å². The summed E-state index contributed by atoms with van der Waals surface area (Å²) in [6.07, 6.45) is 5.98. The zero-order valence-corrected chi connectivity index (χ0v) is 12.1. The van der Waals surface area contributed by atoms with Crippen LogP contribution in [0.15, 0.2) is 24.3 Å². The van der Waals surface area contributed by atoms with Gasteiger partial charge in [0.15, 0.2) is 0 Å². The maximum absolute atomic E-state index is 14.2. The second-order valence-corrected chi connectivity index (χ2v) is 7.06. The smallest absolute Gasteiger partial charge is 0.127 e. The Morgan fingerprint density at radius 3 is 2.74 bits per heavy atom. The first kappa shape index (κ1) is 13.4. The topological polar surface area (TPSA) is 12.0 Å². The SMILES string of the molecule is Fc1ccccc1C1(CN[C@H]2CCSC2)CCCC1. The fourth-order valence-corrected chi connectivity index (χ4v) is 4.71. The number of halogens is 1. The third-order valence-corrected chi connectivity index (χ3v) is 5.83. The summed E-state index contributed by atoms with van der Waals surface area (Å²) < 4.78 is 14.2. The average Bonchev–Trinajstić information content (AvgIpc) is 3.09. The van der Waals surface area contributed by atoms with Crippen LogP contribution < -0.4 is 5.32 Å². The van der Waals surface area contributed by atoms with Crippen molar-refractivity contribution in [1.29, 1.82) is 0 Å². The van der Waals surface area contributed by atoms with Gasteiger partial charge in [0.1, 0.15) is 5.82 Å². The monoisotopic (exact) mass is 279 g/mol. The molecule has 19 heavy (non-hydrogen) atoms. The molecule has 1 nitrogen and oxygen atoms in total. The molecule has 104 valence electrons. The molecule has 2 aliphatic rings. The van der Waals surface area contributed by atoms with Gasteiger partial charge in [0, 0.05) is 23.8 Å². The van der Waals surface area contributed by atoms with Crippen LogP contribution in [0, 0.1) is 5.82 Å². The van der Waals surface area contributed by atoms with E-state index in [1.54, 1.807) is 12.1 Å². The van der Waals surface area contributed by atoms with Crippen LogP contribution in [0.5, 0.6) is 0 Å². The zero-order valence-electron chi connectivity index (χ0n) is 11.3. The number of hydrogen-bond acceptors (Lipinski definition) is 2. The van der Waals surface area contributed by atoms with Gasteiger partial charge < -0.3 is 5.32 Å². The van der Waals surface area contributed by atoms with Crippen molar-refractivity contribution in [2.24, 2.45) is 0 Å². The van der Waals surface area contributed by atoms with Gasteiger partial charge >= 0.3 is 0 Å². The minimum absolute atomic E-state index is 0.0213. The van der Waals surface area contributed by atoms with Crippen molar-refractivity contribution < 1.29 is 4.39 Å². The van der Waals surface area contributed by atoms with E-state index < -0.39 is 0 Å². The van der Waals surface area contributed by atoms with Gasteiger partial charge in [-0.3, -0.25) is 0 Å². The highest BCUT2D eigenvalue weighted by Gasteiger charge is 2.37. The molecule has 3 heteroatoms. The van der Waals surface area contributed by atoms with E-state index in [0.29, 0.717) is 6.04 Å². The molecule has 2 fully saturated rings. The summed E-state index contributed by atoms with van der Waals surface area (Å²) in [6.45, 7) is 0.944. The molecule has 3 rings (SSSR count). The van der Waals surface area contributed by atoms with E-state index in [4.69, 9.17) is 0 Å². The Morgan fingerprint density at radius 2 is 2.05 bits per heavy atom. The molecule has 0 amide bonds. The van der Waals surface area contributed by atoms with Crippen LogP contribution >= 0.6 is 11.8 Å². The van der Waals surface area contributed by atoms with Crippen molar-refractivity contribution >= 4 is 11.8 Å². The number of hydrogen-bond donors (Lipinski definition) is 1. The van der Waals surface area contributed by atoms with E-state index >= 15 is 0 Å². The third kappa shape index (κ3) is 2.82. The summed E-state index contributed by atoms with van der Waals surface area (Å²) in [4.78, 5) is 0. The molecule has 1 aromatic rings. The number of rotatable bonds is 4. The van der Waals surface area contributed by atoms with Crippen molar-refractivity contribution in [3.63, 3.8) is 0 Å². The van der Waals surface area contributed by atoms with Gasteiger partial charge in [0.25, 0.3) is 0 Å². The molecule has 0 spiro atoms. The molecule has 0 unspecified atom stereocenters. The number of nitrogens with one attached hydrogen (secondary N) is 1. The Balaban J connectivity index is 1.77. The molecule has 1 atom stereocenters. The summed E-state index contributed by atoms with van der Waals surface area (Å²) >= 11 is 2.03. The molecule has 1 aliphatic carbocycles. The van der Waals surface area contributed by atoms with Crippen LogP contribution in [0.3, 0.4) is 0 Å². The lowest BCUT2D eigenvalue weighted by atomic mass is 9.78. The van der Waals surface area contributed by atoms with Gasteiger partial charge in [-0.05, 0) is 36.6 Å². The van der Waals surface area contributed by atoms with Crippen LogP contribution in [0.2, 0.25) is 0 Å². The average molecular weight is 279 g/mol. The lowest BCUT2D eigenvalue weighted by Gasteiger charge is -2.31. The predicted octanol–water partition coefficient (Wildman–Crippen LogP) is 3.73. The second kappa shape index (κ2) is 5.84. The fraction of sp³-hybridized carbons (Fsp3) is 0.625. The van der Waals surface area contributed by atoms with Gasteiger partial charge in [0.2, 0.25) is 0 Å². The Morgan fingerprint density at radius 1 is 1.26 bits per heavy atom. The van der Waals surface area contributed by atoms with E-state index in [-0.39, 0.29) is 11.2 Å². The first-order valence-electron chi connectivity index (χ1n) is 7.36. The quantitative estimate of drug-likeness (QED) is 0.901. The van der Waals surface area contributed by atoms with Crippen molar-refractivity contribution in [3.05, 3.63) is 35.6 Å². The van der Waals surface area contributed by atoms with Crippen molar-refractivity contribution in [2.75, 3.05) is 18.1 Å². The highest BCUT2D eigenvalue weighted by molar-refractivity contribution is 7.99. The molecule has 1 N–H and O–H groups in total. The van der Waals surface area contributed by atoms with Crippen LogP contribution in [0.1, 0.15) is 37.7 Å². The van der Waals surface area contributed by atoms with Gasteiger partial charge in [-0.1, -0.05) is 31.0 Å². The Labute approximate surface area is 119 Å². The van der Waals surface area contributed by atoms with Gasteiger partial charge in [0.05, 0.1) is 0 Å². The van der Waals surface area contributed by atoms with Crippen molar-refractivity contribution in [1.82, 2.24) is 5.32 Å². The van der Waals surface area contributed by atoms with Gasteiger partial charge in [-0.2, -0.15) is 11.8 Å². The summed E-state index contributed by atoms with van der Waals surface area (Å²) in [5, 5.41) is 3.70. The molecule has 1 saturated carbocycles. The summed E-state index contributed by atoms with van der Waals surface area (Å²) in [5.74, 6) is 2.46. The summed E-state index contributed by atoms with van der Waals surface area (Å²) in [5.41, 5.74) is 0.976.